The molecule has 0 fully saturated rings. The predicted molar refractivity (Wildman–Crippen MR) is 81.5 cm³/mol. The van der Waals surface area contributed by atoms with Gasteiger partial charge in [-0.1, -0.05) is 18.2 Å². The second-order valence-corrected chi connectivity index (χ2v) is 5.03. The summed E-state index contributed by atoms with van der Waals surface area (Å²) in [6.45, 7) is 1.43. The van der Waals surface area contributed by atoms with Gasteiger partial charge in [-0.25, -0.2) is 0 Å². The number of fused-ring (bicyclic) bond motifs is 1. The van der Waals surface area contributed by atoms with Crippen molar-refractivity contribution in [1.29, 1.82) is 0 Å². The number of likely N-dealkylation sites (N-methyl/N-ethyl adjacent to an activating group) is 2. The highest BCUT2D eigenvalue weighted by Gasteiger charge is 2.19. The summed E-state index contributed by atoms with van der Waals surface area (Å²) in [5.41, 5.74) is 8.21. The van der Waals surface area contributed by atoms with Gasteiger partial charge in [-0.2, -0.15) is 0 Å². The fourth-order valence-corrected chi connectivity index (χ4v) is 2.30. The summed E-state index contributed by atoms with van der Waals surface area (Å²) in [5, 5.41) is 4.16. The van der Waals surface area contributed by atoms with Gasteiger partial charge in [0.15, 0.2) is 0 Å². The van der Waals surface area contributed by atoms with Crippen LogP contribution in [0.15, 0.2) is 30.5 Å². The Morgan fingerprint density at radius 3 is 2.95 bits per heavy atom. The van der Waals surface area contributed by atoms with Gasteiger partial charge >= 0.3 is 0 Å². The standard InChI is InChI=1S/C15H22N4O/c1-17-7-8-19(2)15(20)13(16)9-11-10-18-14-6-4-3-5-12(11)14/h3-6,10,13,17-18H,7-9,16H2,1-2H3/t13-/m0/s1. The average Bonchev–Trinajstić information content (AvgIpc) is 2.87. The Balaban J connectivity index is 2.03. The van der Waals surface area contributed by atoms with E-state index in [-0.39, 0.29) is 5.91 Å². The van der Waals surface area contributed by atoms with Crippen LogP contribution in [0.25, 0.3) is 10.9 Å². The maximum absolute atomic E-state index is 12.2. The molecule has 5 heteroatoms. The number of carbonyl (C=O) groups excluding carboxylic acids is 1. The van der Waals surface area contributed by atoms with Crippen molar-refractivity contribution in [2.75, 3.05) is 27.2 Å². The number of aromatic amines is 1. The van der Waals surface area contributed by atoms with Gasteiger partial charge in [-0.05, 0) is 25.1 Å². The van der Waals surface area contributed by atoms with Gasteiger partial charge in [0, 0.05) is 37.2 Å². The van der Waals surface area contributed by atoms with Crippen LogP contribution in [0.1, 0.15) is 5.56 Å². The molecule has 1 aromatic heterocycles. The minimum atomic E-state index is -0.504. The molecule has 1 atom stereocenters. The van der Waals surface area contributed by atoms with Crippen LogP contribution >= 0.6 is 0 Å². The van der Waals surface area contributed by atoms with Gasteiger partial charge in [0.1, 0.15) is 0 Å². The number of nitrogens with zero attached hydrogens (tertiary/aromatic N) is 1. The van der Waals surface area contributed by atoms with Crippen molar-refractivity contribution in [2.24, 2.45) is 5.73 Å². The van der Waals surface area contributed by atoms with Crippen LogP contribution < -0.4 is 11.1 Å². The molecule has 1 aromatic carbocycles. The summed E-state index contributed by atoms with van der Waals surface area (Å²) in [7, 11) is 3.65. The number of aromatic nitrogens is 1. The maximum atomic E-state index is 12.2. The molecule has 5 nitrogen and oxygen atoms in total. The number of benzene rings is 1. The number of hydrogen-bond acceptors (Lipinski definition) is 3. The van der Waals surface area contributed by atoms with Crippen LogP contribution in [0.4, 0.5) is 0 Å². The SMILES string of the molecule is CNCCN(C)C(=O)[C@@H](N)Cc1c[nH]c2ccccc12. The number of para-hydroxylation sites is 1. The number of hydrogen-bond donors (Lipinski definition) is 3. The highest BCUT2D eigenvalue weighted by atomic mass is 16.2. The lowest BCUT2D eigenvalue weighted by Gasteiger charge is -2.21. The Labute approximate surface area is 119 Å². The minimum Gasteiger partial charge on any atom is -0.361 e. The summed E-state index contributed by atoms with van der Waals surface area (Å²) in [6.07, 6.45) is 2.48. The van der Waals surface area contributed by atoms with E-state index in [2.05, 4.69) is 10.3 Å². The molecular formula is C15H22N4O. The van der Waals surface area contributed by atoms with E-state index in [1.54, 1.807) is 11.9 Å². The second-order valence-electron chi connectivity index (χ2n) is 5.03. The van der Waals surface area contributed by atoms with E-state index in [4.69, 9.17) is 5.73 Å². The van der Waals surface area contributed by atoms with Gasteiger partial charge in [0.25, 0.3) is 0 Å². The van der Waals surface area contributed by atoms with Crippen molar-refractivity contribution in [1.82, 2.24) is 15.2 Å². The smallest absolute Gasteiger partial charge is 0.239 e. The first-order valence-electron chi connectivity index (χ1n) is 6.83. The third-order valence-corrected chi connectivity index (χ3v) is 3.51. The summed E-state index contributed by atoms with van der Waals surface area (Å²) in [6, 6.07) is 7.54. The Bertz CT molecular complexity index is 578. The van der Waals surface area contributed by atoms with Crippen molar-refractivity contribution in [3.05, 3.63) is 36.0 Å². The topological polar surface area (TPSA) is 74.2 Å². The van der Waals surface area contributed by atoms with Crippen LogP contribution in [-0.2, 0) is 11.2 Å². The number of amides is 1. The lowest BCUT2D eigenvalue weighted by Crippen LogP contribution is -2.44. The van der Waals surface area contributed by atoms with Crippen molar-refractivity contribution in [3.8, 4) is 0 Å². The molecule has 0 saturated carbocycles. The van der Waals surface area contributed by atoms with E-state index in [1.165, 1.54) is 0 Å². The lowest BCUT2D eigenvalue weighted by atomic mass is 10.0. The normalized spacial score (nSPS) is 12.6. The third-order valence-electron chi connectivity index (χ3n) is 3.51. The highest BCUT2D eigenvalue weighted by Crippen LogP contribution is 2.18. The van der Waals surface area contributed by atoms with E-state index in [9.17, 15) is 4.79 Å². The molecule has 4 N–H and O–H groups in total. The van der Waals surface area contributed by atoms with Crippen LogP contribution in [0, 0.1) is 0 Å². The molecule has 0 spiro atoms. The summed E-state index contributed by atoms with van der Waals surface area (Å²) in [4.78, 5) is 17.1. The van der Waals surface area contributed by atoms with Crippen LogP contribution in [0.5, 0.6) is 0 Å². The van der Waals surface area contributed by atoms with Gasteiger partial charge in [-0.3, -0.25) is 4.79 Å². The zero-order valence-corrected chi connectivity index (χ0v) is 12.0. The molecule has 2 aromatic rings. The van der Waals surface area contributed by atoms with E-state index >= 15 is 0 Å². The van der Waals surface area contributed by atoms with Gasteiger partial charge in [-0.15, -0.1) is 0 Å². The van der Waals surface area contributed by atoms with Gasteiger partial charge in [0.2, 0.25) is 5.91 Å². The number of H-pyrrole nitrogens is 1. The Kier molecular flexibility index (Phi) is 4.76. The first-order chi connectivity index (χ1) is 9.63. The number of nitrogens with one attached hydrogen (secondary N) is 2. The molecule has 0 saturated heterocycles. The molecule has 0 unspecified atom stereocenters. The molecule has 0 bridgehead atoms. The monoisotopic (exact) mass is 274 g/mol. The van der Waals surface area contributed by atoms with Crippen LogP contribution in [0.2, 0.25) is 0 Å². The first-order valence-corrected chi connectivity index (χ1v) is 6.83. The van der Waals surface area contributed by atoms with E-state index in [0.717, 1.165) is 23.0 Å². The second kappa shape index (κ2) is 6.54. The number of rotatable bonds is 6. The van der Waals surface area contributed by atoms with E-state index in [1.807, 2.05) is 37.5 Å². The molecule has 0 radical (unpaired) electrons. The van der Waals surface area contributed by atoms with E-state index < -0.39 is 6.04 Å². The Hall–Kier alpha value is -1.85. The summed E-state index contributed by atoms with van der Waals surface area (Å²) >= 11 is 0. The number of nitrogens with two attached hydrogens (primary N) is 1. The van der Waals surface area contributed by atoms with Crippen molar-refractivity contribution < 1.29 is 4.79 Å². The van der Waals surface area contributed by atoms with Gasteiger partial charge in [0.05, 0.1) is 6.04 Å². The summed E-state index contributed by atoms with van der Waals surface area (Å²) in [5.74, 6) is -0.0227. The third kappa shape index (κ3) is 3.18. The minimum absolute atomic E-state index is 0.0227. The zero-order chi connectivity index (χ0) is 14.5. The quantitative estimate of drug-likeness (QED) is 0.726. The predicted octanol–water partition coefficient (Wildman–Crippen LogP) is 0.716. The van der Waals surface area contributed by atoms with Crippen molar-refractivity contribution in [2.45, 2.75) is 12.5 Å². The molecule has 108 valence electrons. The van der Waals surface area contributed by atoms with Crippen LogP contribution in [-0.4, -0.2) is 49.0 Å². The molecule has 1 heterocycles. The molecule has 0 aliphatic heterocycles. The van der Waals surface area contributed by atoms with Crippen molar-refractivity contribution >= 4 is 16.8 Å². The zero-order valence-electron chi connectivity index (χ0n) is 12.0. The maximum Gasteiger partial charge on any atom is 0.239 e. The average molecular weight is 274 g/mol. The summed E-state index contributed by atoms with van der Waals surface area (Å²) < 4.78 is 0. The van der Waals surface area contributed by atoms with Crippen molar-refractivity contribution in [3.63, 3.8) is 0 Å². The fraction of sp³-hybridized carbons (Fsp3) is 0.400. The van der Waals surface area contributed by atoms with E-state index in [0.29, 0.717) is 13.0 Å². The largest absolute Gasteiger partial charge is 0.361 e. The lowest BCUT2D eigenvalue weighted by molar-refractivity contribution is -0.131. The van der Waals surface area contributed by atoms with Crippen LogP contribution in [0.3, 0.4) is 0 Å². The Morgan fingerprint density at radius 2 is 2.20 bits per heavy atom. The fourth-order valence-electron chi connectivity index (χ4n) is 2.30. The molecule has 2 rings (SSSR count). The first kappa shape index (κ1) is 14.6. The molecule has 0 aliphatic rings. The Morgan fingerprint density at radius 1 is 1.45 bits per heavy atom. The number of carbonyl (C=O) groups is 1. The van der Waals surface area contributed by atoms with Gasteiger partial charge < -0.3 is 20.9 Å². The molecule has 0 aliphatic carbocycles. The molecule has 1 amide bonds. The molecular weight excluding hydrogens is 252 g/mol. The molecule has 20 heavy (non-hydrogen) atoms. The highest BCUT2D eigenvalue weighted by molar-refractivity contribution is 5.86.